The number of carbonyl (C=O) groups excluding carboxylic acids is 1. The summed E-state index contributed by atoms with van der Waals surface area (Å²) in [7, 11) is 0. The first kappa shape index (κ1) is 22.2. The van der Waals surface area contributed by atoms with E-state index in [9.17, 15) is 4.79 Å². The minimum atomic E-state index is -0.379. The molecule has 5 rings (SSSR count). The van der Waals surface area contributed by atoms with Crippen LogP contribution >= 0.6 is 0 Å². The average molecular weight is 473 g/mol. The third-order valence-electron chi connectivity index (χ3n) is 5.63. The van der Waals surface area contributed by atoms with E-state index in [1.54, 1.807) is 59.3 Å². The maximum atomic E-state index is 12.4. The maximum Gasteiger partial charge on any atom is 0.323 e. The summed E-state index contributed by atoms with van der Waals surface area (Å²) in [5, 5.41) is 18.4. The standard InChI is InChI=1S/C25H24N6O4/c1-15-16(2)30-31(17(15)3)23-10-11-24(29-28-23)35-20-7-4-18(5-8-20)26-25(32)27-19-6-9-21-22(14-19)34-13-12-33-21/h4-11,14H,12-13H2,1-3H3,(H2,26,27,32). The fourth-order valence-corrected chi connectivity index (χ4v) is 3.57. The van der Waals surface area contributed by atoms with Gasteiger partial charge in [-0.15, -0.1) is 10.2 Å². The number of amides is 2. The number of ether oxygens (including phenoxy) is 3. The summed E-state index contributed by atoms with van der Waals surface area (Å²) in [5.41, 5.74) is 4.31. The van der Waals surface area contributed by atoms with Crippen LogP contribution in [-0.4, -0.2) is 39.2 Å². The van der Waals surface area contributed by atoms with Gasteiger partial charge in [-0.1, -0.05) is 0 Å². The summed E-state index contributed by atoms with van der Waals surface area (Å²) in [6.07, 6.45) is 0. The molecule has 0 saturated carbocycles. The Bertz CT molecular complexity index is 1370. The third kappa shape index (κ3) is 4.86. The van der Waals surface area contributed by atoms with Gasteiger partial charge in [-0.3, -0.25) is 0 Å². The Morgan fingerprint density at radius 1 is 0.886 bits per heavy atom. The molecule has 0 unspecified atom stereocenters. The summed E-state index contributed by atoms with van der Waals surface area (Å²) in [4.78, 5) is 12.4. The van der Waals surface area contributed by atoms with Crippen LogP contribution in [0, 0.1) is 20.8 Å². The van der Waals surface area contributed by atoms with Gasteiger partial charge in [0.2, 0.25) is 5.88 Å². The van der Waals surface area contributed by atoms with Gasteiger partial charge >= 0.3 is 6.03 Å². The van der Waals surface area contributed by atoms with Crippen molar-refractivity contribution < 1.29 is 19.0 Å². The molecule has 0 radical (unpaired) electrons. The van der Waals surface area contributed by atoms with Crippen LogP contribution in [0.4, 0.5) is 16.2 Å². The minimum Gasteiger partial charge on any atom is -0.486 e. The number of fused-ring (bicyclic) bond motifs is 1. The van der Waals surface area contributed by atoms with Crippen LogP contribution < -0.4 is 24.8 Å². The van der Waals surface area contributed by atoms with E-state index in [0.29, 0.717) is 53.5 Å². The van der Waals surface area contributed by atoms with Crippen LogP contribution in [0.3, 0.4) is 0 Å². The van der Waals surface area contributed by atoms with Crippen molar-refractivity contribution in [1.29, 1.82) is 0 Å². The van der Waals surface area contributed by atoms with E-state index in [0.717, 1.165) is 17.0 Å². The van der Waals surface area contributed by atoms with Crippen molar-refractivity contribution in [3.05, 3.63) is 71.5 Å². The average Bonchev–Trinajstić information content (AvgIpc) is 3.13. The summed E-state index contributed by atoms with van der Waals surface area (Å²) in [6, 6.07) is 15.4. The molecule has 35 heavy (non-hydrogen) atoms. The Labute approximate surface area is 201 Å². The Hall–Kier alpha value is -4.60. The van der Waals surface area contributed by atoms with E-state index in [1.807, 2.05) is 20.8 Å². The molecule has 0 fully saturated rings. The highest BCUT2D eigenvalue weighted by molar-refractivity contribution is 5.99. The van der Waals surface area contributed by atoms with Crippen LogP contribution in [0.15, 0.2) is 54.6 Å². The smallest absolute Gasteiger partial charge is 0.323 e. The number of carbonyl (C=O) groups is 1. The predicted molar refractivity (Wildman–Crippen MR) is 130 cm³/mol. The number of aromatic nitrogens is 4. The van der Waals surface area contributed by atoms with Gasteiger partial charge in [0, 0.05) is 29.2 Å². The molecule has 0 aliphatic carbocycles. The molecule has 1 aliphatic rings. The van der Waals surface area contributed by atoms with E-state index >= 15 is 0 Å². The van der Waals surface area contributed by atoms with Crippen LogP contribution in [0.1, 0.15) is 17.0 Å². The molecule has 10 heteroatoms. The van der Waals surface area contributed by atoms with Crippen LogP contribution in [0.2, 0.25) is 0 Å². The molecule has 2 N–H and O–H groups in total. The van der Waals surface area contributed by atoms with Crippen molar-refractivity contribution in [2.45, 2.75) is 20.8 Å². The van der Waals surface area contributed by atoms with Gasteiger partial charge in [-0.25, -0.2) is 9.48 Å². The van der Waals surface area contributed by atoms with E-state index in [2.05, 4.69) is 25.9 Å². The first-order valence-electron chi connectivity index (χ1n) is 11.1. The zero-order chi connectivity index (χ0) is 24.4. The molecule has 3 heterocycles. The Kier molecular flexibility index (Phi) is 5.92. The molecule has 2 aromatic carbocycles. The van der Waals surface area contributed by atoms with E-state index in [-0.39, 0.29) is 6.03 Å². The van der Waals surface area contributed by atoms with E-state index in [1.165, 1.54) is 0 Å². The molecule has 0 atom stereocenters. The molecule has 178 valence electrons. The molecule has 4 aromatic rings. The topological polar surface area (TPSA) is 112 Å². The summed E-state index contributed by atoms with van der Waals surface area (Å²) in [5.74, 6) is 2.81. The lowest BCUT2D eigenvalue weighted by Crippen LogP contribution is -2.20. The van der Waals surface area contributed by atoms with Crippen LogP contribution in [0.25, 0.3) is 5.82 Å². The van der Waals surface area contributed by atoms with Crippen LogP contribution in [-0.2, 0) is 0 Å². The lowest BCUT2D eigenvalue weighted by Gasteiger charge is -2.19. The number of urea groups is 1. The third-order valence-corrected chi connectivity index (χ3v) is 5.63. The monoisotopic (exact) mass is 472 g/mol. The Morgan fingerprint density at radius 2 is 1.60 bits per heavy atom. The van der Waals surface area contributed by atoms with Crippen molar-refractivity contribution in [2.75, 3.05) is 23.8 Å². The number of nitrogens with zero attached hydrogens (tertiary/aromatic N) is 4. The molecule has 2 amide bonds. The number of hydrogen-bond acceptors (Lipinski definition) is 7. The van der Waals surface area contributed by atoms with Gasteiger partial charge in [-0.05, 0) is 68.8 Å². The predicted octanol–water partition coefficient (Wildman–Crippen LogP) is 4.80. The minimum absolute atomic E-state index is 0.351. The number of hydrogen-bond donors (Lipinski definition) is 2. The second kappa shape index (κ2) is 9.34. The molecular weight excluding hydrogens is 448 g/mol. The SMILES string of the molecule is Cc1nn(-c2ccc(Oc3ccc(NC(=O)Nc4ccc5c(c4)OCCO5)cc3)nn2)c(C)c1C. The number of aryl methyl sites for hydroxylation is 1. The van der Waals surface area contributed by atoms with Gasteiger partial charge in [0.15, 0.2) is 17.3 Å². The first-order valence-corrected chi connectivity index (χ1v) is 11.1. The van der Waals surface area contributed by atoms with Crippen LogP contribution in [0.5, 0.6) is 23.1 Å². The van der Waals surface area contributed by atoms with Crippen molar-refractivity contribution in [1.82, 2.24) is 20.0 Å². The number of benzene rings is 2. The second-order valence-corrected chi connectivity index (χ2v) is 8.00. The summed E-state index contributed by atoms with van der Waals surface area (Å²) < 4.78 is 18.6. The molecule has 10 nitrogen and oxygen atoms in total. The fourth-order valence-electron chi connectivity index (χ4n) is 3.57. The van der Waals surface area contributed by atoms with Gasteiger partial charge in [0.25, 0.3) is 0 Å². The van der Waals surface area contributed by atoms with Crippen molar-refractivity contribution in [3.8, 4) is 28.9 Å². The van der Waals surface area contributed by atoms with Crippen molar-refractivity contribution in [3.63, 3.8) is 0 Å². The number of nitrogens with one attached hydrogen (secondary N) is 2. The molecule has 0 spiro atoms. The highest BCUT2D eigenvalue weighted by Crippen LogP contribution is 2.32. The zero-order valence-electron chi connectivity index (χ0n) is 19.5. The van der Waals surface area contributed by atoms with Crippen molar-refractivity contribution >= 4 is 17.4 Å². The van der Waals surface area contributed by atoms with Gasteiger partial charge in [0.05, 0.1) is 5.69 Å². The molecular formula is C25H24N6O4. The summed E-state index contributed by atoms with van der Waals surface area (Å²) in [6.45, 7) is 6.98. The fraction of sp³-hybridized carbons (Fsp3) is 0.200. The van der Waals surface area contributed by atoms with Crippen molar-refractivity contribution in [2.24, 2.45) is 0 Å². The van der Waals surface area contributed by atoms with E-state index < -0.39 is 0 Å². The quantitative estimate of drug-likeness (QED) is 0.429. The second-order valence-electron chi connectivity index (χ2n) is 8.00. The lowest BCUT2D eigenvalue weighted by molar-refractivity contribution is 0.171. The highest BCUT2D eigenvalue weighted by atomic mass is 16.6. The number of rotatable bonds is 5. The normalized spacial score (nSPS) is 12.2. The summed E-state index contributed by atoms with van der Waals surface area (Å²) >= 11 is 0. The maximum absolute atomic E-state index is 12.4. The molecule has 0 bridgehead atoms. The van der Waals surface area contributed by atoms with Gasteiger partial charge < -0.3 is 24.8 Å². The number of anilines is 2. The molecule has 2 aromatic heterocycles. The van der Waals surface area contributed by atoms with Gasteiger partial charge in [0.1, 0.15) is 19.0 Å². The van der Waals surface area contributed by atoms with E-state index in [4.69, 9.17) is 14.2 Å². The Balaban J connectivity index is 1.18. The van der Waals surface area contributed by atoms with Gasteiger partial charge in [-0.2, -0.15) is 5.10 Å². The Morgan fingerprint density at radius 3 is 2.29 bits per heavy atom. The molecule has 1 aliphatic heterocycles. The first-order chi connectivity index (χ1) is 17.0. The highest BCUT2D eigenvalue weighted by Gasteiger charge is 2.13. The molecule has 0 saturated heterocycles. The zero-order valence-corrected chi connectivity index (χ0v) is 19.5. The largest absolute Gasteiger partial charge is 0.486 e. The lowest BCUT2D eigenvalue weighted by atomic mass is 10.2.